The second-order valence-corrected chi connectivity index (χ2v) is 7.57. The summed E-state index contributed by atoms with van der Waals surface area (Å²) in [6.45, 7) is 16.9. The third-order valence-electron chi connectivity index (χ3n) is 5.30. The maximum absolute atomic E-state index is 2.65. The van der Waals surface area contributed by atoms with Crippen LogP contribution >= 0.6 is 0 Å². The van der Waals surface area contributed by atoms with Crippen LogP contribution in [0.5, 0.6) is 0 Å². The van der Waals surface area contributed by atoms with Crippen LogP contribution in [-0.4, -0.2) is 30.7 Å². The molecule has 0 radical (unpaired) electrons. The predicted molar refractivity (Wildman–Crippen MR) is 100 cm³/mol. The molecular weight excluding hydrogens is 280 g/mol. The molecule has 0 N–H and O–H groups in total. The van der Waals surface area contributed by atoms with Crippen LogP contribution in [0.2, 0.25) is 0 Å². The van der Waals surface area contributed by atoms with Crippen LogP contribution in [0, 0.1) is 26.7 Å². The van der Waals surface area contributed by atoms with E-state index in [1.54, 1.807) is 0 Å². The number of benzene rings is 1. The van der Waals surface area contributed by atoms with Crippen LogP contribution in [-0.2, 0) is 0 Å². The van der Waals surface area contributed by atoms with Crippen LogP contribution in [0.4, 0.5) is 5.69 Å². The van der Waals surface area contributed by atoms with Gasteiger partial charge in [-0.15, -0.1) is 0 Å². The highest BCUT2D eigenvalue weighted by atomic mass is 15.4. The zero-order valence-corrected chi connectivity index (χ0v) is 15.5. The Kier molecular flexibility index (Phi) is 4.37. The monoisotopic (exact) mass is 310 g/mol. The van der Waals surface area contributed by atoms with E-state index in [-0.39, 0.29) is 0 Å². The molecule has 2 heteroatoms. The van der Waals surface area contributed by atoms with Gasteiger partial charge >= 0.3 is 0 Å². The number of hydrogen-bond acceptors (Lipinski definition) is 2. The third kappa shape index (κ3) is 3.10. The van der Waals surface area contributed by atoms with E-state index >= 15 is 0 Å². The zero-order valence-electron chi connectivity index (χ0n) is 15.5. The average Bonchev–Trinajstić information content (AvgIpc) is 2.85. The number of rotatable bonds is 2. The highest BCUT2D eigenvalue weighted by molar-refractivity contribution is 5.60. The van der Waals surface area contributed by atoms with Crippen molar-refractivity contribution in [2.75, 3.05) is 24.7 Å². The first-order valence-corrected chi connectivity index (χ1v) is 8.80. The van der Waals surface area contributed by atoms with Gasteiger partial charge in [0.05, 0.1) is 6.67 Å². The summed E-state index contributed by atoms with van der Waals surface area (Å²) < 4.78 is 0. The molecule has 0 amide bonds. The summed E-state index contributed by atoms with van der Waals surface area (Å²) in [5.41, 5.74) is 8.53. The Hall–Kier alpha value is -1.54. The van der Waals surface area contributed by atoms with Crippen LogP contribution in [0.3, 0.4) is 0 Å². The number of aryl methyl sites for hydroxylation is 3. The second-order valence-electron chi connectivity index (χ2n) is 7.57. The van der Waals surface area contributed by atoms with Gasteiger partial charge in [0.15, 0.2) is 0 Å². The van der Waals surface area contributed by atoms with Crippen molar-refractivity contribution in [2.24, 2.45) is 5.92 Å². The molecular formula is C21H30N2. The predicted octanol–water partition coefficient (Wildman–Crippen LogP) is 4.60. The maximum Gasteiger partial charge on any atom is 0.0713 e. The van der Waals surface area contributed by atoms with Crippen molar-refractivity contribution < 1.29 is 0 Å². The molecule has 3 rings (SSSR count). The lowest BCUT2D eigenvalue weighted by atomic mass is 9.87. The molecule has 1 aliphatic carbocycles. The van der Waals surface area contributed by atoms with Gasteiger partial charge in [0.1, 0.15) is 0 Å². The van der Waals surface area contributed by atoms with E-state index in [1.165, 1.54) is 33.5 Å². The molecule has 1 saturated heterocycles. The molecule has 1 heterocycles. The van der Waals surface area contributed by atoms with Gasteiger partial charge in [0.25, 0.3) is 0 Å². The van der Waals surface area contributed by atoms with Crippen LogP contribution in [0.15, 0.2) is 35.4 Å². The summed E-state index contributed by atoms with van der Waals surface area (Å²) in [5.74, 6) is 0.597. The summed E-state index contributed by atoms with van der Waals surface area (Å²) in [4.78, 5) is 5.22. The van der Waals surface area contributed by atoms with Crippen molar-refractivity contribution in [3.63, 3.8) is 0 Å². The Bertz CT molecular complexity index is 645. The summed E-state index contributed by atoms with van der Waals surface area (Å²) in [6.07, 6.45) is 4.78. The van der Waals surface area contributed by atoms with Gasteiger partial charge in [-0.05, 0) is 51.7 Å². The van der Waals surface area contributed by atoms with Crippen LogP contribution in [0.1, 0.15) is 37.5 Å². The van der Waals surface area contributed by atoms with Crippen molar-refractivity contribution in [3.05, 3.63) is 52.1 Å². The minimum Gasteiger partial charge on any atom is -0.357 e. The highest BCUT2D eigenvalue weighted by Crippen LogP contribution is 2.33. The Morgan fingerprint density at radius 3 is 2.22 bits per heavy atom. The van der Waals surface area contributed by atoms with Crippen molar-refractivity contribution in [2.45, 2.75) is 47.6 Å². The first-order valence-electron chi connectivity index (χ1n) is 8.80. The number of anilines is 1. The standard InChI is InChI=1S/C21H30N2/c1-14-9-16(3)20(17(4)10-14)22-7-8-23(13-22)21-18(5)11-15(2)12-19(21)6/h9-12,16,20H,7-8,13H2,1-6H3. The lowest BCUT2D eigenvalue weighted by Crippen LogP contribution is -2.41. The molecule has 0 saturated carbocycles. The third-order valence-corrected chi connectivity index (χ3v) is 5.30. The molecule has 0 spiro atoms. The molecule has 2 atom stereocenters. The van der Waals surface area contributed by atoms with E-state index in [9.17, 15) is 0 Å². The first-order chi connectivity index (χ1) is 10.9. The van der Waals surface area contributed by atoms with E-state index in [2.05, 4.69) is 75.6 Å². The Morgan fingerprint density at radius 2 is 1.61 bits per heavy atom. The highest BCUT2D eigenvalue weighted by Gasteiger charge is 2.32. The molecule has 2 aliphatic rings. The molecule has 1 aromatic rings. The molecule has 124 valence electrons. The quantitative estimate of drug-likeness (QED) is 0.787. The van der Waals surface area contributed by atoms with Gasteiger partial charge in [-0.1, -0.05) is 47.9 Å². The topological polar surface area (TPSA) is 6.48 Å². The average molecular weight is 310 g/mol. The largest absolute Gasteiger partial charge is 0.357 e. The zero-order chi connectivity index (χ0) is 16.7. The summed E-state index contributed by atoms with van der Waals surface area (Å²) in [5, 5.41) is 0. The normalized spacial score (nSPS) is 25.6. The van der Waals surface area contributed by atoms with Gasteiger partial charge in [-0.3, -0.25) is 4.90 Å². The molecule has 0 aromatic heterocycles. The van der Waals surface area contributed by atoms with E-state index < -0.39 is 0 Å². The smallest absolute Gasteiger partial charge is 0.0713 e. The van der Waals surface area contributed by atoms with E-state index in [0.29, 0.717) is 12.0 Å². The minimum absolute atomic E-state index is 0.551. The summed E-state index contributed by atoms with van der Waals surface area (Å²) in [7, 11) is 0. The molecule has 0 bridgehead atoms. The maximum atomic E-state index is 2.65. The van der Waals surface area contributed by atoms with E-state index in [1.807, 2.05) is 0 Å². The van der Waals surface area contributed by atoms with E-state index in [4.69, 9.17) is 0 Å². The lowest BCUT2D eigenvalue weighted by molar-refractivity contribution is 0.235. The summed E-state index contributed by atoms with van der Waals surface area (Å²) >= 11 is 0. The van der Waals surface area contributed by atoms with Crippen molar-refractivity contribution in [1.82, 2.24) is 4.90 Å². The van der Waals surface area contributed by atoms with E-state index in [0.717, 1.165) is 19.8 Å². The minimum atomic E-state index is 0.551. The lowest BCUT2D eigenvalue weighted by Gasteiger charge is -2.35. The molecule has 2 nitrogen and oxygen atoms in total. The molecule has 23 heavy (non-hydrogen) atoms. The Morgan fingerprint density at radius 1 is 0.957 bits per heavy atom. The van der Waals surface area contributed by atoms with Crippen molar-refractivity contribution in [3.8, 4) is 0 Å². The van der Waals surface area contributed by atoms with Gasteiger partial charge in [0, 0.05) is 24.8 Å². The number of hydrogen-bond donors (Lipinski definition) is 0. The fraction of sp³-hybridized carbons (Fsp3) is 0.524. The number of nitrogens with zero attached hydrogens (tertiary/aromatic N) is 2. The van der Waals surface area contributed by atoms with Gasteiger partial charge in [0.2, 0.25) is 0 Å². The van der Waals surface area contributed by atoms with Gasteiger partial charge < -0.3 is 4.90 Å². The molecule has 1 aromatic carbocycles. The fourth-order valence-corrected chi connectivity index (χ4v) is 4.72. The van der Waals surface area contributed by atoms with Crippen molar-refractivity contribution >= 4 is 5.69 Å². The first kappa shape index (κ1) is 16.3. The fourth-order valence-electron chi connectivity index (χ4n) is 4.72. The second kappa shape index (κ2) is 6.16. The number of allylic oxidation sites excluding steroid dienone is 2. The molecule has 1 aliphatic heterocycles. The van der Waals surface area contributed by atoms with Crippen LogP contribution < -0.4 is 4.90 Å². The molecule has 1 fully saturated rings. The van der Waals surface area contributed by atoms with Crippen LogP contribution in [0.25, 0.3) is 0 Å². The Labute approximate surface area is 141 Å². The van der Waals surface area contributed by atoms with Gasteiger partial charge in [-0.25, -0.2) is 0 Å². The van der Waals surface area contributed by atoms with Crippen molar-refractivity contribution in [1.29, 1.82) is 0 Å². The summed E-state index contributed by atoms with van der Waals surface area (Å²) in [6, 6.07) is 5.17. The SMILES string of the molecule is CC1=CC(C)C(N2CCN(c3c(C)cc(C)cc3C)C2)C(C)=C1. The Balaban J connectivity index is 1.81. The molecule has 2 unspecified atom stereocenters. The van der Waals surface area contributed by atoms with Gasteiger partial charge in [-0.2, -0.15) is 0 Å².